The van der Waals surface area contributed by atoms with Crippen molar-refractivity contribution in [3.63, 3.8) is 0 Å². The molecule has 1 rings (SSSR count). The van der Waals surface area contributed by atoms with E-state index in [2.05, 4.69) is 10.3 Å². The first-order valence-corrected chi connectivity index (χ1v) is 4.06. The standard InChI is InChI=1S/C8H12F3N3/c1-7(2,8(9,10)11)13-6-12-4-5-14(6)3/h4-5H,1-3H3,(H,12,13). The van der Waals surface area contributed by atoms with Gasteiger partial charge in [0.2, 0.25) is 5.95 Å². The van der Waals surface area contributed by atoms with Gasteiger partial charge in [-0.2, -0.15) is 13.2 Å². The summed E-state index contributed by atoms with van der Waals surface area (Å²) in [6.07, 6.45) is -1.29. The van der Waals surface area contributed by atoms with Gasteiger partial charge in [0.05, 0.1) is 0 Å². The lowest BCUT2D eigenvalue weighted by Gasteiger charge is -2.29. The second kappa shape index (κ2) is 3.18. The zero-order valence-electron chi connectivity index (χ0n) is 8.18. The maximum Gasteiger partial charge on any atom is 0.410 e. The summed E-state index contributed by atoms with van der Waals surface area (Å²) < 4.78 is 38.9. The van der Waals surface area contributed by atoms with Crippen LogP contribution in [0, 0.1) is 0 Å². The normalized spacial score (nSPS) is 13.0. The summed E-state index contributed by atoms with van der Waals surface area (Å²) in [6.45, 7) is 2.14. The highest BCUT2D eigenvalue weighted by atomic mass is 19.4. The van der Waals surface area contributed by atoms with E-state index in [0.717, 1.165) is 13.8 Å². The van der Waals surface area contributed by atoms with Gasteiger partial charge in [-0.3, -0.25) is 0 Å². The lowest BCUT2D eigenvalue weighted by atomic mass is 10.1. The predicted octanol–water partition coefficient (Wildman–Crippen LogP) is 2.17. The van der Waals surface area contributed by atoms with E-state index in [1.54, 1.807) is 13.2 Å². The minimum absolute atomic E-state index is 0.201. The van der Waals surface area contributed by atoms with Gasteiger partial charge in [0.15, 0.2) is 0 Å². The van der Waals surface area contributed by atoms with E-state index in [-0.39, 0.29) is 5.95 Å². The lowest BCUT2D eigenvalue weighted by molar-refractivity contribution is -0.168. The number of halogens is 3. The second-order valence-electron chi connectivity index (χ2n) is 3.61. The van der Waals surface area contributed by atoms with Gasteiger partial charge in [0, 0.05) is 19.4 Å². The Morgan fingerprint density at radius 3 is 2.29 bits per heavy atom. The Kier molecular flexibility index (Phi) is 2.47. The average molecular weight is 207 g/mol. The molecule has 1 heterocycles. The quantitative estimate of drug-likeness (QED) is 0.805. The summed E-state index contributed by atoms with van der Waals surface area (Å²) in [6, 6.07) is 0. The van der Waals surface area contributed by atoms with Crippen molar-refractivity contribution in [3.05, 3.63) is 12.4 Å². The number of nitrogens with one attached hydrogen (secondary N) is 1. The van der Waals surface area contributed by atoms with Gasteiger partial charge in [-0.15, -0.1) is 0 Å². The third-order valence-corrected chi connectivity index (χ3v) is 1.95. The van der Waals surface area contributed by atoms with Crippen LogP contribution in [0.5, 0.6) is 0 Å². The molecule has 0 unspecified atom stereocenters. The van der Waals surface area contributed by atoms with Crippen molar-refractivity contribution >= 4 is 5.95 Å². The van der Waals surface area contributed by atoms with Crippen molar-refractivity contribution in [3.8, 4) is 0 Å². The topological polar surface area (TPSA) is 29.9 Å². The molecule has 0 aliphatic rings. The molecular weight excluding hydrogens is 195 g/mol. The zero-order chi connectivity index (χ0) is 11.0. The maximum atomic E-state index is 12.5. The molecule has 14 heavy (non-hydrogen) atoms. The fraction of sp³-hybridized carbons (Fsp3) is 0.625. The Balaban J connectivity index is 2.84. The van der Waals surface area contributed by atoms with Gasteiger partial charge < -0.3 is 9.88 Å². The number of hydrogen-bond donors (Lipinski definition) is 1. The van der Waals surface area contributed by atoms with Crippen molar-refractivity contribution in [2.24, 2.45) is 7.05 Å². The zero-order valence-corrected chi connectivity index (χ0v) is 8.18. The van der Waals surface area contributed by atoms with E-state index in [9.17, 15) is 13.2 Å². The smallest absolute Gasteiger partial charge is 0.342 e. The minimum atomic E-state index is -4.31. The van der Waals surface area contributed by atoms with Crippen molar-refractivity contribution in [2.45, 2.75) is 25.6 Å². The van der Waals surface area contributed by atoms with E-state index >= 15 is 0 Å². The highest BCUT2D eigenvalue weighted by Crippen LogP contribution is 2.32. The molecule has 0 saturated heterocycles. The Morgan fingerprint density at radius 2 is 1.93 bits per heavy atom. The van der Waals surface area contributed by atoms with Crippen LogP contribution < -0.4 is 5.32 Å². The van der Waals surface area contributed by atoms with Gasteiger partial charge in [0.25, 0.3) is 0 Å². The number of nitrogens with zero attached hydrogens (tertiary/aromatic N) is 2. The fourth-order valence-corrected chi connectivity index (χ4v) is 0.836. The number of aromatic nitrogens is 2. The first kappa shape index (κ1) is 10.9. The number of hydrogen-bond acceptors (Lipinski definition) is 2. The SMILES string of the molecule is Cn1ccnc1NC(C)(C)C(F)(F)F. The number of alkyl halides is 3. The Labute approximate surface area is 79.9 Å². The molecule has 3 nitrogen and oxygen atoms in total. The number of rotatable bonds is 2. The number of anilines is 1. The molecule has 1 aromatic heterocycles. The number of imidazole rings is 1. The first-order valence-electron chi connectivity index (χ1n) is 4.06. The summed E-state index contributed by atoms with van der Waals surface area (Å²) >= 11 is 0. The van der Waals surface area contributed by atoms with E-state index in [4.69, 9.17) is 0 Å². The third-order valence-electron chi connectivity index (χ3n) is 1.95. The molecule has 6 heteroatoms. The van der Waals surface area contributed by atoms with E-state index < -0.39 is 11.7 Å². The molecule has 80 valence electrons. The molecule has 0 amide bonds. The summed E-state index contributed by atoms with van der Waals surface area (Å²) in [7, 11) is 1.63. The molecule has 1 aromatic rings. The molecule has 0 fully saturated rings. The second-order valence-corrected chi connectivity index (χ2v) is 3.61. The van der Waals surface area contributed by atoms with Gasteiger partial charge >= 0.3 is 6.18 Å². The van der Waals surface area contributed by atoms with Crippen LogP contribution in [0.4, 0.5) is 19.1 Å². The van der Waals surface area contributed by atoms with Crippen molar-refractivity contribution in [1.82, 2.24) is 9.55 Å². The molecule has 0 bridgehead atoms. The Morgan fingerprint density at radius 1 is 1.36 bits per heavy atom. The summed E-state index contributed by atoms with van der Waals surface area (Å²) in [4.78, 5) is 3.77. The Bertz CT molecular complexity index is 314. The predicted molar refractivity (Wildman–Crippen MR) is 47.0 cm³/mol. The van der Waals surface area contributed by atoms with Gasteiger partial charge in [-0.25, -0.2) is 4.98 Å². The van der Waals surface area contributed by atoms with Crippen molar-refractivity contribution in [1.29, 1.82) is 0 Å². The molecule has 0 atom stereocenters. The monoisotopic (exact) mass is 207 g/mol. The lowest BCUT2D eigenvalue weighted by Crippen LogP contribution is -2.46. The molecule has 0 radical (unpaired) electrons. The van der Waals surface area contributed by atoms with Crippen LogP contribution in [0.2, 0.25) is 0 Å². The number of aryl methyl sites for hydroxylation is 1. The fourth-order valence-electron chi connectivity index (χ4n) is 0.836. The van der Waals surface area contributed by atoms with Crippen LogP contribution >= 0.6 is 0 Å². The largest absolute Gasteiger partial charge is 0.410 e. The van der Waals surface area contributed by atoms with Gasteiger partial charge in [0.1, 0.15) is 5.54 Å². The maximum absolute atomic E-state index is 12.5. The summed E-state index contributed by atoms with van der Waals surface area (Å²) in [5.41, 5.74) is -1.98. The van der Waals surface area contributed by atoms with Crippen LogP contribution in [-0.2, 0) is 7.05 Å². The first-order chi connectivity index (χ1) is 6.24. The van der Waals surface area contributed by atoms with E-state index in [1.165, 1.54) is 10.8 Å². The van der Waals surface area contributed by atoms with E-state index in [1.807, 2.05) is 0 Å². The molecular formula is C8H12F3N3. The summed E-state index contributed by atoms with van der Waals surface area (Å²) in [5.74, 6) is 0.201. The molecule has 1 N–H and O–H groups in total. The summed E-state index contributed by atoms with van der Waals surface area (Å²) in [5, 5.41) is 2.33. The van der Waals surface area contributed by atoms with Crippen LogP contribution in [0.15, 0.2) is 12.4 Å². The van der Waals surface area contributed by atoms with E-state index in [0.29, 0.717) is 0 Å². The van der Waals surface area contributed by atoms with Gasteiger partial charge in [-0.05, 0) is 13.8 Å². The highest BCUT2D eigenvalue weighted by molar-refractivity contribution is 5.30. The highest BCUT2D eigenvalue weighted by Gasteiger charge is 2.47. The molecule has 0 aliphatic carbocycles. The van der Waals surface area contributed by atoms with Crippen LogP contribution in [0.25, 0.3) is 0 Å². The molecule has 0 saturated carbocycles. The van der Waals surface area contributed by atoms with Gasteiger partial charge in [-0.1, -0.05) is 0 Å². The molecule has 0 spiro atoms. The van der Waals surface area contributed by atoms with Crippen molar-refractivity contribution < 1.29 is 13.2 Å². The van der Waals surface area contributed by atoms with Crippen LogP contribution in [0.1, 0.15) is 13.8 Å². The minimum Gasteiger partial charge on any atom is -0.342 e. The van der Waals surface area contributed by atoms with Crippen LogP contribution in [0.3, 0.4) is 0 Å². The van der Waals surface area contributed by atoms with Crippen LogP contribution in [-0.4, -0.2) is 21.3 Å². The molecule has 0 aliphatic heterocycles. The van der Waals surface area contributed by atoms with Crippen molar-refractivity contribution in [2.75, 3.05) is 5.32 Å². The average Bonchev–Trinajstić information content (AvgIpc) is 2.33. The Hall–Kier alpha value is -1.20. The molecule has 0 aromatic carbocycles. The third kappa shape index (κ3) is 2.00.